The van der Waals surface area contributed by atoms with Crippen LogP contribution >= 0.6 is 11.3 Å². The minimum absolute atomic E-state index is 0.166. The van der Waals surface area contributed by atoms with E-state index >= 15 is 0 Å². The Balaban J connectivity index is 1.99. The zero-order valence-corrected chi connectivity index (χ0v) is 10.4. The second kappa shape index (κ2) is 4.27. The fraction of sp³-hybridized carbons (Fsp3) is 0.0769. The molecular formula is C13H10N2O2S. The van der Waals surface area contributed by atoms with Crippen LogP contribution in [0.1, 0.15) is 5.56 Å². The van der Waals surface area contributed by atoms with Gasteiger partial charge in [0.15, 0.2) is 0 Å². The summed E-state index contributed by atoms with van der Waals surface area (Å²) in [5.74, 6) is 1.04. The van der Waals surface area contributed by atoms with E-state index in [9.17, 15) is 5.11 Å². The third kappa shape index (κ3) is 1.89. The predicted molar refractivity (Wildman–Crippen MR) is 69.4 cm³/mol. The molecule has 0 fully saturated rings. The molecule has 0 atom stereocenters. The minimum atomic E-state index is 0.166. The molecule has 0 aliphatic carbocycles. The molecule has 1 aromatic carbocycles. The highest BCUT2D eigenvalue weighted by molar-refractivity contribution is 7.13. The zero-order valence-electron chi connectivity index (χ0n) is 9.62. The van der Waals surface area contributed by atoms with E-state index < -0.39 is 0 Å². The summed E-state index contributed by atoms with van der Waals surface area (Å²) in [4.78, 5) is 4.88. The molecule has 0 aliphatic rings. The molecule has 0 bridgehead atoms. The lowest BCUT2D eigenvalue weighted by atomic mass is 10.1. The van der Waals surface area contributed by atoms with Crippen molar-refractivity contribution in [2.45, 2.75) is 6.92 Å². The van der Waals surface area contributed by atoms with Crippen molar-refractivity contribution < 1.29 is 9.63 Å². The molecule has 3 rings (SSSR count). The number of rotatable bonds is 2. The van der Waals surface area contributed by atoms with Crippen LogP contribution in [-0.2, 0) is 0 Å². The highest BCUT2D eigenvalue weighted by atomic mass is 32.1. The second-order valence-corrected chi connectivity index (χ2v) is 4.84. The lowest BCUT2D eigenvalue weighted by Gasteiger charge is -1.94. The normalized spacial score (nSPS) is 10.7. The first-order valence-electron chi connectivity index (χ1n) is 5.41. The quantitative estimate of drug-likeness (QED) is 0.764. The zero-order chi connectivity index (χ0) is 12.5. The summed E-state index contributed by atoms with van der Waals surface area (Å²) < 4.78 is 5.16. The van der Waals surface area contributed by atoms with Crippen LogP contribution in [0.2, 0.25) is 0 Å². The van der Waals surface area contributed by atoms with Gasteiger partial charge in [0.2, 0.25) is 5.82 Å². The Morgan fingerprint density at radius 1 is 1.17 bits per heavy atom. The molecule has 1 N–H and O–H groups in total. The molecule has 5 heteroatoms. The van der Waals surface area contributed by atoms with Crippen molar-refractivity contribution in [1.82, 2.24) is 10.1 Å². The van der Waals surface area contributed by atoms with Crippen molar-refractivity contribution >= 4 is 11.3 Å². The van der Waals surface area contributed by atoms with Crippen molar-refractivity contribution in [1.29, 1.82) is 0 Å². The van der Waals surface area contributed by atoms with Gasteiger partial charge in [0.1, 0.15) is 10.6 Å². The molecule has 0 saturated carbocycles. The van der Waals surface area contributed by atoms with Crippen LogP contribution in [0.25, 0.3) is 22.2 Å². The number of hydrogen-bond donors (Lipinski definition) is 1. The SMILES string of the molecule is Cc1ccc(-c2noc(-c3sccc3O)n2)cc1. The number of benzene rings is 1. The average molecular weight is 258 g/mol. The van der Waals surface area contributed by atoms with Crippen LogP contribution < -0.4 is 0 Å². The van der Waals surface area contributed by atoms with E-state index in [4.69, 9.17) is 4.52 Å². The van der Waals surface area contributed by atoms with Crippen LogP contribution in [0.3, 0.4) is 0 Å². The Morgan fingerprint density at radius 3 is 2.61 bits per heavy atom. The van der Waals surface area contributed by atoms with Crippen molar-refractivity contribution in [2.75, 3.05) is 0 Å². The van der Waals surface area contributed by atoms with Crippen molar-refractivity contribution in [2.24, 2.45) is 0 Å². The van der Waals surface area contributed by atoms with Gasteiger partial charge in [-0.2, -0.15) is 4.98 Å². The molecule has 4 nitrogen and oxygen atoms in total. The van der Waals surface area contributed by atoms with Gasteiger partial charge in [-0.05, 0) is 18.4 Å². The number of nitrogens with zero attached hydrogens (tertiary/aromatic N) is 2. The Morgan fingerprint density at radius 2 is 1.94 bits per heavy atom. The average Bonchev–Trinajstić information content (AvgIpc) is 2.98. The Bertz CT molecular complexity index is 670. The lowest BCUT2D eigenvalue weighted by Crippen LogP contribution is -1.80. The third-order valence-electron chi connectivity index (χ3n) is 2.57. The molecule has 90 valence electrons. The van der Waals surface area contributed by atoms with Crippen LogP contribution in [0.4, 0.5) is 0 Å². The van der Waals surface area contributed by atoms with Gasteiger partial charge in [0, 0.05) is 5.56 Å². The van der Waals surface area contributed by atoms with Crippen LogP contribution in [-0.4, -0.2) is 15.2 Å². The predicted octanol–water partition coefficient (Wildman–Crippen LogP) is 3.48. The molecule has 2 heterocycles. The third-order valence-corrected chi connectivity index (χ3v) is 3.47. The lowest BCUT2D eigenvalue weighted by molar-refractivity contribution is 0.427. The Hall–Kier alpha value is -2.14. The fourth-order valence-electron chi connectivity index (χ4n) is 1.60. The highest BCUT2D eigenvalue weighted by Gasteiger charge is 2.14. The topological polar surface area (TPSA) is 59.2 Å². The van der Waals surface area contributed by atoms with Gasteiger partial charge in [-0.15, -0.1) is 11.3 Å². The maximum absolute atomic E-state index is 9.60. The number of thiophene rings is 1. The molecule has 0 radical (unpaired) electrons. The van der Waals surface area contributed by atoms with Crippen LogP contribution in [0.15, 0.2) is 40.2 Å². The molecule has 3 aromatic rings. The molecule has 0 amide bonds. The Labute approximate surface area is 108 Å². The summed E-state index contributed by atoms with van der Waals surface area (Å²) in [6, 6.07) is 9.48. The van der Waals surface area contributed by atoms with E-state index in [-0.39, 0.29) is 5.75 Å². The van der Waals surface area contributed by atoms with Gasteiger partial charge in [-0.1, -0.05) is 35.0 Å². The van der Waals surface area contributed by atoms with Crippen LogP contribution in [0.5, 0.6) is 5.75 Å². The van der Waals surface area contributed by atoms with E-state index in [0.717, 1.165) is 5.56 Å². The summed E-state index contributed by atoms with van der Waals surface area (Å²) in [6.07, 6.45) is 0. The molecular weight excluding hydrogens is 248 g/mol. The monoisotopic (exact) mass is 258 g/mol. The van der Waals surface area contributed by atoms with E-state index in [0.29, 0.717) is 16.6 Å². The molecule has 0 spiro atoms. The molecule has 2 aromatic heterocycles. The van der Waals surface area contributed by atoms with Gasteiger partial charge in [-0.3, -0.25) is 0 Å². The van der Waals surface area contributed by atoms with Crippen molar-refractivity contribution in [3.8, 4) is 27.9 Å². The molecule has 0 saturated heterocycles. The van der Waals surface area contributed by atoms with E-state index in [1.807, 2.05) is 31.2 Å². The summed E-state index contributed by atoms with van der Waals surface area (Å²) in [7, 11) is 0. The van der Waals surface area contributed by atoms with Gasteiger partial charge < -0.3 is 9.63 Å². The van der Waals surface area contributed by atoms with Gasteiger partial charge in [-0.25, -0.2) is 0 Å². The first-order chi connectivity index (χ1) is 8.74. The summed E-state index contributed by atoms with van der Waals surface area (Å²) >= 11 is 1.37. The largest absolute Gasteiger partial charge is 0.506 e. The summed E-state index contributed by atoms with van der Waals surface area (Å²) in [5.41, 5.74) is 2.07. The maximum atomic E-state index is 9.60. The molecule has 0 aliphatic heterocycles. The first kappa shape index (κ1) is 11.0. The smallest absolute Gasteiger partial charge is 0.272 e. The number of hydrogen-bond acceptors (Lipinski definition) is 5. The fourth-order valence-corrected chi connectivity index (χ4v) is 2.30. The Kier molecular flexibility index (Phi) is 2.60. The van der Waals surface area contributed by atoms with Gasteiger partial charge in [0.05, 0.1) is 0 Å². The highest BCUT2D eigenvalue weighted by Crippen LogP contribution is 2.34. The summed E-state index contributed by atoms with van der Waals surface area (Å²) in [6.45, 7) is 2.02. The number of aryl methyl sites for hydroxylation is 1. The van der Waals surface area contributed by atoms with E-state index in [1.165, 1.54) is 16.9 Å². The standard InChI is InChI=1S/C13H10N2O2S/c1-8-2-4-9(5-3-8)12-14-13(17-15-12)11-10(16)6-7-18-11/h2-7,16H,1H3. The van der Waals surface area contributed by atoms with Crippen molar-refractivity contribution in [3.05, 3.63) is 41.3 Å². The number of aromatic nitrogens is 2. The summed E-state index contributed by atoms with van der Waals surface area (Å²) in [5, 5.41) is 15.3. The van der Waals surface area contributed by atoms with E-state index in [1.54, 1.807) is 11.4 Å². The van der Waals surface area contributed by atoms with Crippen molar-refractivity contribution in [3.63, 3.8) is 0 Å². The molecule has 0 unspecified atom stereocenters. The van der Waals surface area contributed by atoms with E-state index in [2.05, 4.69) is 10.1 Å². The molecule has 18 heavy (non-hydrogen) atoms. The van der Waals surface area contributed by atoms with Gasteiger partial charge in [0.25, 0.3) is 5.89 Å². The van der Waals surface area contributed by atoms with Gasteiger partial charge >= 0.3 is 0 Å². The minimum Gasteiger partial charge on any atom is -0.506 e. The number of aromatic hydroxyl groups is 1. The second-order valence-electron chi connectivity index (χ2n) is 3.92. The van der Waals surface area contributed by atoms with Crippen LogP contribution in [0, 0.1) is 6.92 Å². The maximum Gasteiger partial charge on any atom is 0.272 e. The first-order valence-corrected chi connectivity index (χ1v) is 6.29.